The fourth-order valence-corrected chi connectivity index (χ4v) is 3.08. The third kappa shape index (κ3) is 5.62. The van der Waals surface area contributed by atoms with Crippen molar-refractivity contribution in [1.29, 1.82) is 0 Å². The van der Waals surface area contributed by atoms with Crippen LogP contribution in [0.25, 0.3) is 0 Å². The molecule has 0 bridgehead atoms. The number of rotatable bonds is 8. The second-order valence-corrected chi connectivity index (χ2v) is 6.89. The van der Waals surface area contributed by atoms with Gasteiger partial charge in [-0.05, 0) is 42.9 Å². The highest BCUT2D eigenvalue weighted by Crippen LogP contribution is 2.21. The van der Waals surface area contributed by atoms with Crippen LogP contribution in [0.1, 0.15) is 44.6 Å². The van der Waals surface area contributed by atoms with E-state index < -0.39 is 0 Å². The van der Waals surface area contributed by atoms with Crippen molar-refractivity contribution in [3.05, 3.63) is 29.8 Å². The molecule has 0 radical (unpaired) electrons. The van der Waals surface area contributed by atoms with Gasteiger partial charge in [-0.3, -0.25) is 0 Å². The Morgan fingerprint density at radius 2 is 1.73 bits per heavy atom. The molecule has 0 spiro atoms. The molecule has 0 aliphatic carbocycles. The van der Waals surface area contributed by atoms with E-state index in [1.54, 1.807) is 9.80 Å². The molecule has 0 saturated carbocycles. The molecule has 2 N–H and O–H groups in total. The summed E-state index contributed by atoms with van der Waals surface area (Å²) in [5.41, 5.74) is 1.41. The predicted octanol–water partition coefficient (Wildman–Crippen LogP) is 0.772. The molecule has 1 atom stereocenters. The summed E-state index contributed by atoms with van der Waals surface area (Å²) in [6.45, 7) is 12.0. The van der Waals surface area contributed by atoms with Crippen molar-refractivity contribution in [2.45, 2.75) is 39.0 Å². The zero-order chi connectivity index (χ0) is 15.8. The summed E-state index contributed by atoms with van der Waals surface area (Å²) >= 11 is 0. The molecule has 22 heavy (non-hydrogen) atoms. The van der Waals surface area contributed by atoms with Crippen molar-refractivity contribution < 1.29 is 14.5 Å². The van der Waals surface area contributed by atoms with Gasteiger partial charge >= 0.3 is 0 Å². The fraction of sp³-hybridized carbons (Fsp3) is 0.684. The first-order chi connectivity index (χ1) is 10.7. The molecule has 1 aliphatic heterocycles. The summed E-state index contributed by atoms with van der Waals surface area (Å²) in [6, 6.07) is 8.66. The lowest BCUT2D eigenvalue weighted by Gasteiger charge is -2.27. The van der Waals surface area contributed by atoms with Crippen LogP contribution in [0, 0.1) is 0 Å². The first kappa shape index (κ1) is 17.3. The average molecular weight is 306 g/mol. The van der Waals surface area contributed by atoms with Crippen molar-refractivity contribution in [2.24, 2.45) is 0 Å². The minimum atomic E-state index is 0.641. The molecule has 1 aromatic rings. The minimum absolute atomic E-state index is 0.641. The van der Waals surface area contributed by atoms with E-state index in [1.807, 2.05) is 0 Å². The minimum Gasteiger partial charge on any atom is -0.494 e. The quantitative estimate of drug-likeness (QED) is 0.679. The normalized spacial score (nSPS) is 23.2. The maximum absolute atomic E-state index is 5.87. The number of ether oxygens (including phenoxy) is 1. The first-order valence-electron chi connectivity index (χ1n) is 9.06. The van der Waals surface area contributed by atoms with Crippen molar-refractivity contribution in [1.82, 2.24) is 0 Å². The van der Waals surface area contributed by atoms with Gasteiger partial charge in [0.1, 0.15) is 31.9 Å². The van der Waals surface area contributed by atoms with Crippen molar-refractivity contribution in [3.63, 3.8) is 0 Å². The Morgan fingerprint density at radius 3 is 2.36 bits per heavy atom. The molecule has 0 unspecified atom stereocenters. The van der Waals surface area contributed by atoms with E-state index in [2.05, 4.69) is 45.2 Å². The van der Waals surface area contributed by atoms with E-state index in [-0.39, 0.29) is 0 Å². The third-order valence-corrected chi connectivity index (χ3v) is 5.07. The lowest BCUT2D eigenvalue weighted by atomic mass is 9.99. The highest BCUT2D eigenvalue weighted by Gasteiger charge is 2.18. The Balaban J connectivity index is 1.58. The van der Waals surface area contributed by atoms with Gasteiger partial charge in [-0.25, -0.2) is 0 Å². The Kier molecular flexibility index (Phi) is 7.20. The number of quaternary nitrogens is 2. The Hall–Kier alpha value is -1.06. The monoisotopic (exact) mass is 306 g/mol. The van der Waals surface area contributed by atoms with Gasteiger partial charge in [0, 0.05) is 0 Å². The number of unbranched alkanes of at least 4 members (excludes halogenated alkanes) is 1. The van der Waals surface area contributed by atoms with Crippen LogP contribution in [-0.4, -0.2) is 46.4 Å². The van der Waals surface area contributed by atoms with E-state index in [0.717, 1.165) is 12.4 Å². The SMILES string of the molecule is CC[C@@H](C)c1ccc(OCCCC[NH+]2CC[NH+](C)CC2)cc1. The molecule has 3 nitrogen and oxygen atoms in total. The van der Waals surface area contributed by atoms with Crippen molar-refractivity contribution in [3.8, 4) is 5.75 Å². The smallest absolute Gasteiger partial charge is 0.127 e. The molecule has 124 valence electrons. The van der Waals surface area contributed by atoms with Crippen LogP contribution in [0.4, 0.5) is 0 Å². The van der Waals surface area contributed by atoms with Gasteiger partial charge in [0.05, 0.1) is 20.2 Å². The number of benzene rings is 1. The van der Waals surface area contributed by atoms with Gasteiger partial charge in [-0.15, -0.1) is 0 Å². The molecule has 1 aromatic carbocycles. The average Bonchev–Trinajstić information content (AvgIpc) is 2.56. The molecule has 1 aliphatic rings. The van der Waals surface area contributed by atoms with E-state index in [4.69, 9.17) is 4.74 Å². The predicted molar refractivity (Wildman–Crippen MR) is 92.1 cm³/mol. The number of nitrogens with one attached hydrogen (secondary N) is 2. The molecule has 3 heteroatoms. The fourth-order valence-electron chi connectivity index (χ4n) is 3.08. The summed E-state index contributed by atoms with van der Waals surface area (Å²) < 4.78 is 5.87. The van der Waals surface area contributed by atoms with Crippen LogP contribution in [0.2, 0.25) is 0 Å². The van der Waals surface area contributed by atoms with Gasteiger partial charge < -0.3 is 14.5 Å². The van der Waals surface area contributed by atoms with Gasteiger partial charge in [-0.2, -0.15) is 0 Å². The first-order valence-corrected chi connectivity index (χ1v) is 9.06. The van der Waals surface area contributed by atoms with Gasteiger partial charge in [0.15, 0.2) is 0 Å². The summed E-state index contributed by atoms with van der Waals surface area (Å²) in [4.78, 5) is 3.47. The van der Waals surface area contributed by atoms with Crippen LogP contribution in [0.15, 0.2) is 24.3 Å². The molecule has 1 heterocycles. The molecule has 0 amide bonds. The zero-order valence-corrected chi connectivity index (χ0v) is 14.7. The van der Waals surface area contributed by atoms with E-state index in [1.165, 1.54) is 57.5 Å². The zero-order valence-electron chi connectivity index (χ0n) is 14.7. The maximum atomic E-state index is 5.87. The Labute approximate surface area is 136 Å². The molecule has 1 fully saturated rings. The molecular weight excluding hydrogens is 272 g/mol. The summed E-state index contributed by atoms with van der Waals surface area (Å²) in [5, 5.41) is 0. The number of hydrogen-bond acceptors (Lipinski definition) is 1. The largest absolute Gasteiger partial charge is 0.494 e. The second-order valence-electron chi connectivity index (χ2n) is 6.89. The van der Waals surface area contributed by atoms with Crippen molar-refractivity contribution in [2.75, 3.05) is 46.4 Å². The molecule has 0 aromatic heterocycles. The van der Waals surface area contributed by atoms with Gasteiger partial charge in [0.25, 0.3) is 0 Å². The van der Waals surface area contributed by atoms with E-state index in [9.17, 15) is 0 Å². The maximum Gasteiger partial charge on any atom is 0.127 e. The van der Waals surface area contributed by atoms with Crippen LogP contribution in [-0.2, 0) is 0 Å². The van der Waals surface area contributed by atoms with Crippen molar-refractivity contribution >= 4 is 0 Å². The lowest BCUT2D eigenvalue weighted by molar-refractivity contribution is -1.00. The number of piperazine rings is 1. The second kappa shape index (κ2) is 9.16. The summed E-state index contributed by atoms with van der Waals surface area (Å²) in [6.07, 6.45) is 3.63. The highest BCUT2D eigenvalue weighted by atomic mass is 16.5. The number of hydrogen-bond donors (Lipinski definition) is 2. The van der Waals surface area contributed by atoms with Crippen LogP contribution < -0.4 is 14.5 Å². The van der Waals surface area contributed by atoms with Crippen LogP contribution >= 0.6 is 0 Å². The topological polar surface area (TPSA) is 18.1 Å². The third-order valence-electron chi connectivity index (χ3n) is 5.07. The summed E-state index contributed by atoms with van der Waals surface area (Å²) in [7, 11) is 2.30. The molecule has 1 saturated heterocycles. The Bertz CT molecular complexity index is 410. The van der Waals surface area contributed by atoms with Gasteiger partial charge in [-0.1, -0.05) is 26.0 Å². The lowest BCUT2D eigenvalue weighted by Crippen LogP contribution is -3.27. The highest BCUT2D eigenvalue weighted by molar-refractivity contribution is 5.29. The Morgan fingerprint density at radius 1 is 1.05 bits per heavy atom. The van der Waals surface area contributed by atoms with Crippen LogP contribution in [0.5, 0.6) is 5.75 Å². The molecular formula is C19H34N2O+2. The van der Waals surface area contributed by atoms with Crippen LogP contribution in [0.3, 0.4) is 0 Å². The molecule has 2 rings (SSSR count). The standard InChI is InChI=1S/C19H32N2O/c1-4-17(2)18-7-9-19(10-8-18)22-16-6-5-11-21-14-12-20(3)13-15-21/h7-10,17H,4-6,11-16H2,1-3H3/p+2/t17-/m1/s1. The van der Waals surface area contributed by atoms with Gasteiger partial charge in [0.2, 0.25) is 0 Å². The van der Waals surface area contributed by atoms with E-state index >= 15 is 0 Å². The number of likely N-dealkylation sites (N-methyl/N-ethyl adjacent to an activating group) is 1. The summed E-state index contributed by atoms with van der Waals surface area (Å²) in [5.74, 6) is 1.66. The van der Waals surface area contributed by atoms with E-state index in [0.29, 0.717) is 5.92 Å².